The van der Waals surface area contributed by atoms with Gasteiger partial charge in [0.15, 0.2) is 15.0 Å². The third kappa shape index (κ3) is 3.94. The molecule has 0 bridgehead atoms. The van der Waals surface area contributed by atoms with Crippen LogP contribution in [-0.2, 0) is 14.6 Å². The average molecular weight is 413 g/mol. The molecule has 0 radical (unpaired) electrons. The molecule has 0 unspecified atom stereocenters. The van der Waals surface area contributed by atoms with Gasteiger partial charge in [0.2, 0.25) is 0 Å². The fraction of sp³-hybridized carbons (Fsp3) is 0.556. The zero-order valence-corrected chi connectivity index (χ0v) is 17.7. The van der Waals surface area contributed by atoms with Crippen molar-refractivity contribution in [2.24, 2.45) is 10.4 Å². The Hall–Kier alpha value is -1.74. The molecule has 2 aliphatic rings. The first-order valence-corrected chi connectivity index (χ1v) is 11.3. The van der Waals surface area contributed by atoms with Crippen LogP contribution >= 0.6 is 11.8 Å². The van der Waals surface area contributed by atoms with Gasteiger partial charge >= 0.3 is 0 Å². The van der Waals surface area contributed by atoms with Gasteiger partial charge in [0.1, 0.15) is 11.5 Å². The Morgan fingerprint density at radius 1 is 1.22 bits per heavy atom. The molecular formula is C18H24N2O5S2. The molecule has 3 rings (SSSR count). The average Bonchev–Trinajstić information content (AvgIpc) is 3.04. The van der Waals surface area contributed by atoms with Gasteiger partial charge in [-0.2, -0.15) is 4.99 Å². The maximum absolute atomic E-state index is 12.5. The summed E-state index contributed by atoms with van der Waals surface area (Å²) in [4.78, 5) is 18.7. The minimum Gasteiger partial charge on any atom is -0.497 e. The minimum atomic E-state index is -3.14. The number of methoxy groups -OCH3 is 2. The Bertz CT molecular complexity index is 890. The van der Waals surface area contributed by atoms with Crippen molar-refractivity contribution in [1.29, 1.82) is 0 Å². The van der Waals surface area contributed by atoms with E-state index in [4.69, 9.17) is 9.47 Å². The van der Waals surface area contributed by atoms with Gasteiger partial charge in [0, 0.05) is 16.7 Å². The number of hydrogen-bond donors (Lipinski definition) is 0. The van der Waals surface area contributed by atoms with Gasteiger partial charge < -0.3 is 14.4 Å². The molecule has 1 amide bonds. The first-order chi connectivity index (χ1) is 12.6. The van der Waals surface area contributed by atoms with Crippen molar-refractivity contribution in [2.45, 2.75) is 32.1 Å². The highest BCUT2D eigenvalue weighted by atomic mass is 32.2. The summed E-state index contributed by atoms with van der Waals surface area (Å²) >= 11 is 1.34. The number of hydrogen-bond acceptors (Lipinski definition) is 6. The number of thioether (sulfide) groups is 1. The number of rotatable bonds is 3. The lowest BCUT2D eigenvalue weighted by atomic mass is 9.96. The summed E-state index contributed by atoms with van der Waals surface area (Å²) in [5.74, 6) is 1.03. The Balaban J connectivity index is 2.12. The molecule has 27 heavy (non-hydrogen) atoms. The second-order valence-electron chi connectivity index (χ2n) is 7.66. The molecule has 2 fully saturated rings. The number of carbonyl (C=O) groups is 1. The van der Waals surface area contributed by atoms with Crippen LogP contribution < -0.4 is 14.4 Å². The van der Waals surface area contributed by atoms with Crippen LogP contribution in [0.5, 0.6) is 11.5 Å². The first-order valence-electron chi connectivity index (χ1n) is 8.57. The molecule has 2 saturated heterocycles. The summed E-state index contributed by atoms with van der Waals surface area (Å²) < 4.78 is 35.2. The predicted molar refractivity (Wildman–Crippen MR) is 108 cm³/mol. The van der Waals surface area contributed by atoms with Gasteiger partial charge in [-0.05, 0) is 12.1 Å². The molecule has 148 valence electrons. The molecule has 0 saturated carbocycles. The van der Waals surface area contributed by atoms with Crippen LogP contribution in [0.25, 0.3) is 0 Å². The number of aliphatic imine (C=N–C) groups is 1. The van der Waals surface area contributed by atoms with Gasteiger partial charge in [0.05, 0.1) is 37.5 Å². The Morgan fingerprint density at radius 3 is 2.52 bits per heavy atom. The molecule has 0 N–H and O–H groups in total. The van der Waals surface area contributed by atoms with Gasteiger partial charge in [-0.15, -0.1) is 0 Å². The molecule has 2 atom stereocenters. The van der Waals surface area contributed by atoms with Gasteiger partial charge in [-0.1, -0.05) is 32.5 Å². The summed E-state index contributed by atoms with van der Waals surface area (Å²) in [6, 6.07) is 5.02. The summed E-state index contributed by atoms with van der Waals surface area (Å²) in [7, 11) is -0.0256. The van der Waals surface area contributed by atoms with Crippen molar-refractivity contribution < 1.29 is 22.7 Å². The fourth-order valence-electron chi connectivity index (χ4n) is 3.09. The second kappa shape index (κ2) is 7.01. The molecule has 7 nitrogen and oxygen atoms in total. The number of sulfone groups is 1. The number of nitrogens with zero attached hydrogens (tertiary/aromatic N) is 2. The van der Waals surface area contributed by atoms with Crippen LogP contribution in [0.1, 0.15) is 20.8 Å². The van der Waals surface area contributed by atoms with Crippen LogP contribution in [0, 0.1) is 5.41 Å². The van der Waals surface area contributed by atoms with Gasteiger partial charge in [-0.25, -0.2) is 8.42 Å². The molecule has 1 aromatic carbocycles. The number of anilines is 1. The third-order valence-electron chi connectivity index (χ3n) is 4.55. The van der Waals surface area contributed by atoms with Crippen molar-refractivity contribution in [3.63, 3.8) is 0 Å². The lowest BCUT2D eigenvalue weighted by Crippen LogP contribution is -2.38. The quantitative estimate of drug-likeness (QED) is 0.753. The monoisotopic (exact) mass is 412 g/mol. The van der Waals surface area contributed by atoms with Crippen LogP contribution in [0.2, 0.25) is 0 Å². The Kier molecular flexibility index (Phi) is 5.20. The lowest BCUT2D eigenvalue weighted by Gasteiger charge is -2.27. The van der Waals surface area contributed by atoms with E-state index < -0.39 is 15.3 Å². The Labute approximate surface area is 164 Å². The highest BCUT2D eigenvalue weighted by Crippen LogP contribution is 2.45. The maximum atomic E-state index is 12.5. The molecule has 0 aliphatic carbocycles. The predicted octanol–water partition coefficient (Wildman–Crippen LogP) is 2.35. The smallest absolute Gasteiger partial charge is 0.253 e. The molecule has 1 aromatic rings. The highest BCUT2D eigenvalue weighted by Gasteiger charge is 2.50. The standard InChI is InChI=1S/C18H24N2O5S2/c1-18(2,3)16(21)19-17-20(13-9-27(22,23)10-15(13)26-17)12-8-11(24-4)6-7-14(12)25-5/h6-8,13,15H,9-10H2,1-5H3/t13-,15+/m0/s1. The third-order valence-corrected chi connectivity index (χ3v) is 7.76. The van der Waals surface area contributed by atoms with E-state index in [1.54, 1.807) is 53.2 Å². The van der Waals surface area contributed by atoms with E-state index in [1.807, 2.05) is 4.90 Å². The van der Waals surface area contributed by atoms with Crippen LogP contribution in [0.4, 0.5) is 5.69 Å². The van der Waals surface area contributed by atoms with Crippen LogP contribution in [-0.4, -0.2) is 56.5 Å². The van der Waals surface area contributed by atoms with Crippen LogP contribution in [0.15, 0.2) is 23.2 Å². The summed E-state index contributed by atoms with van der Waals surface area (Å²) in [5.41, 5.74) is 0.0241. The van der Waals surface area contributed by atoms with Crippen molar-refractivity contribution in [2.75, 3.05) is 30.6 Å². The van der Waals surface area contributed by atoms with Crippen LogP contribution in [0.3, 0.4) is 0 Å². The van der Waals surface area contributed by atoms with E-state index in [2.05, 4.69) is 4.99 Å². The van der Waals surface area contributed by atoms with Gasteiger partial charge in [-0.3, -0.25) is 4.79 Å². The number of carbonyl (C=O) groups excluding carboxylic acids is 1. The molecular weight excluding hydrogens is 388 g/mol. The topological polar surface area (TPSA) is 85.3 Å². The zero-order chi connectivity index (χ0) is 20.0. The van der Waals surface area contributed by atoms with E-state index in [0.717, 1.165) is 0 Å². The second-order valence-corrected chi connectivity index (χ2v) is 11.0. The summed E-state index contributed by atoms with van der Waals surface area (Å²) in [5, 5.41) is 0.337. The van der Waals surface area contributed by atoms with Crippen molar-refractivity contribution in [3.8, 4) is 11.5 Å². The van der Waals surface area contributed by atoms with Gasteiger partial charge in [0.25, 0.3) is 5.91 Å². The molecule has 2 aliphatic heterocycles. The normalized spacial score (nSPS) is 25.5. The number of amidine groups is 1. The zero-order valence-electron chi connectivity index (χ0n) is 16.1. The van der Waals surface area contributed by atoms with E-state index in [9.17, 15) is 13.2 Å². The molecule has 9 heteroatoms. The van der Waals surface area contributed by atoms with E-state index in [1.165, 1.54) is 11.8 Å². The molecule has 0 spiro atoms. The highest BCUT2D eigenvalue weighted by molar-refractivity contribution is 8.16. The number of fused-ring (bicyclic) bond motifs is 1. The number of amides is 1. The largest absolute Gasteiger partial charge is 0.497 e. The van der Waals surface area contributed by atoms with E-state index in [-0.39, 0.29) is 28.7 Å². The molecule has 2 heterocycles. The van der Waals surface area contributed by atoms with E-state index in [0.29, 0.717) is 22.4 Å². The van der Waals surface area contributed by atoms with Crippen molar-refractivity contribution in [3.05, 3.63) is 18.2 Å². The number of benzene rings is 1. The number of ether oxygens (including phenoxy) is 2. The summed E-state index contributed by atoms with van der Waals surface area (Å²) in [6.07, 6.45) is 0. The summed E-state index contributed by atoms with van der Waals surface area (Å²) in [6.45, 7) is 5.42. The lowest BCUT2D eigenvalue weighted by molar-refractivity contribution is -0.124. The first kappa shape index (κ1) is 20.0. The maximum Gasteiger partial charge on any atom is 0.253 e. The van der Waals surface area contributed by atoms with E-state index >= 15 is 0 Å². The van der Waals surface area contributed by atoms with Crippen molar-refractivity contribution >= 4 is 38.4 Å². The van der Waals surface area contributed by atoms with Crippen molar-refractivity contribution in [1.82, 2.24) is 0 Å². The fourth-order valence-corrected chi connectivity index (χ4v) is 6.99. The Morgan fingerprint density at radius 2 is 1.93 bits per heavy atom. The molecule has 0 aromatic heterocycles. The SMILES string of the molecule is COc1ccc(OC)c(N2C(=NC(=O)C(C)(C)C)S[C@@H]3CS(=O)(=O)C[C@@H]32)c1. The minimum absolute atomic E-state index is 0.0216.